The summed E-state index contributed by atoms with van der Waals surface area (Å²) in [6, 6.07) is 7.60. The van der Waals surface area contributed by atoms with Crippen LogP contribution in [0.25, 0.3) is 11.0 Å². The molecular formula is C11H10N2O2S. The second-order valence-electron chi connectivity index (χ2n) is 3.68. The van der Waals surface area contributed by atoms with Crippen molar-refractivity contribution in [1.29, 1.82) is 0 Å². The first-order valence-electron chi connectivity index (χ1n) is 5.10. The van der Waals surface area contributed by atoms with Gasteiger partial charge in [0.15, 0.2) is 5.16 Å². The molecule has 0 bridgehead atoms. The van der Waals surface area contributed by atoms with E-state index in [0.29, 0.717) is 6.42 Å². The number of rotatable bonds is 2. The number of fused-ring (bicyclic) bond motifs is 3. The highest BCUT2D eigenvalue weighted by molar-refractivity contribution is 8.00. The first-order chi connectivity index (χ1) is 7.81. The van der Waals surface area contributed by atoms with Crippen LogP contribution in [0.3, 0.4) is 0 Å². The molecule has 1 aromatic heterocycles. The zero-order valence-electron chi connectivity index (χ0n) is 8.46. The van der Waals surface area contributed by atoms with Crippen molar-refractivity contribution in [3.63, 3.8) is 0 Å². The van der Waals surface area contributed by atoms with Gasteiger partial charge in [-0.05, 0) is 18.6 Å². The van der Waals surface area contributed by atoms with Gasteiger partial charge in [-0.25, -0.2) is 4.98 Å². The van der Waals surface area contributed by atoms with E-state index in [9.17, 15) is 4.79 Å². The molecular weight excluding hydrogens is 224 g/mol. The number of imidazole rings is 1. The maximum absolute atomic E-state index is 12.1. The fourth-order valence-corrected chi connectivity index (χ4v) is 3.05. The minimum absolute atomic E-state index is 0.0303. The van der Waals surface area contributed by atoms with Gasteiger partial charge in [-0.3, -0.25) is 9.36 Å². The van der Waals surface area contributed by atoms with E-state index < -0.39 is 0 Å². The Labute approximate surface area is 96.3 Å². The summed E-state index contributed by atoms with van der Waals surface area (Å²) in [6.07, 6.45) is 0.487. The third-order valence-corrected chi connectivity index (χ3v) is 3.87. The monoisotopic (exact) mass is 234 g/mol. The molecule has 0 radical (unpaired) electrons. The van der Waals surface area contributed by atoms with Gasteiger partial charge in [0.05, 0.1) is 16.3 Å². The Balaban J connectivity index is 2.12. The molecule has 0 aliphatic carbocycles. The number of aliphatic hydroxyl groups is 1. The normalized spacial score (nSPS) is 19.3. The molecule has 0 amide bonds. The lowest BCUT2D eigenvalue weighted by molar-refractivity contribution is 0.0904. The molecule has 82 valence electrons. The summed E-state index contributed by atoms with van der Waals surface area (Å²) in [5.74, 6) is 0.0303. The maximum Gasteiger partial charge on any atom is 0.246 e. The standard InChI is InChI=1S/C11H10N2O2S/c14-6-5-9-10(15)13-8-4-2-1-3-7(8)12-11(13)16-9/h1-4,9,14H,5-6H2/t9-/m1/s1. The topological polar surface area (TPSA) is 55.1 Å². The lowest BCUT2D eigenvalue weighted by Gasteiger charge is -2.03. The van der Waals surface area contributed by atoms with E-state index in [1.807, 2.05) is 24.3 Å². The first kappa shape index (κ1) is 9.86. The molecule has 1 aliphatic rings. The highest BCUT2D eigenvalue weighted by Crippen LogP contribution is 2.35. The Bertz CT molecular complexity index is 564. The van der Waals surface area contributed by atoms with Crippen LogP contribution in [0.4, 0.5) is 0 Å². The van der Waals surface area contributed by atoms with Crippen LogP contribution in [0.1, 0.15) is 11.2 Å². The molecule has 1 N–H and O–H groups in total. The molecule has 2 heterocycles. The van der Waals surface area contributed by atoms with E-state index in [1.54, 1.807) is 4.57 Å². The van der Waals surface area contributed by atoms with Gasteiger partial charge in [0.25, 0.3) is 0 Å². The number of carbonyl (C=O) groups excluding carboxylic acids is 1. The van der Waals surface area contributed by atoms with Crippen LogP contribution in [0.5, 0.6) is 0 Å². The molecule has 5 heteroatoms. The van der Waals surface area contributed by atoms with Gasteiger partial charge in [-0.1, -0.05) is 23.9 Å². The van der Waals surface area contributed by atoms with E-state index >= 15 is 0 Å². The van der Waals surface area contributed by atoms with E-state index in [2.05, 4.69) is 4.98 Å². The van der Waals surface area contributed by atoms with E-state index in [-0.39, 0.29) is 17.8 Å². The molecule has 2 aromatic rings. The van der Waals surface area contributed by atoms with Crippen molar-refractivity contribution in [3.8, 4) is 0 Å². The minimum atomic E-state index is -0.183. The van der Waals surface area contributed by atoms with Crippen molar-refractivity contribution >= 4 is 28.7 Å². The van der Waals surface area contributed by atoms with Gasteiger partial charge >= 0.3 is 0 Å². The molecule has 0 saturated heterocycles. The van der Waals surface area contributed by atoms with Crippen molar-refractivity contribution in [2.24, 2.45) is 0 Å². The number of carbonyl (C=O) groups is 1. The summed E-state index contributed by atoms with van der Waals surface area (Å²) in [7, 11) is 0. The summed E-state index contributed by atoms with van der Waals surface area (Å²) in [5.41, 5.74) is 1.70. The highest BCUT2D eigenvalue weighted by Gasteiger charge is 2.33. The summed E-state index contributed by atoms with van der Waals surface area (Å²) in [4.78, 5) is 16.5. The second-order valence-corrected chi connectivity index (χ2v) is 4.85. The summed E-state index contributed by atoms with van der Waals surface area (Å²) in [5, 5.41) is 9.44. The number of hydrogen-bond donors (Lipinski definition) is 1. The zero-order chi connectivity index (χ0) is 11.1. The Morgan fingerprint density at radius 1 is 1.44 bits per heavy atom. The molecule has 1 aliphatic heterocycles. The van der Waals surface area contributed by atoms with Crippen molar-refractivity contribution in [1.82, 2.24) is 9.55 Å². The first-order valence-corrected chi connectivity index (χ1v) is 5.98. The molecule has 1 aromatic carbocycles. The Morgan fingerprint density at radius 3 is 3.06 bits per heavy atom. The summed E-state index contributed by atoms with van der Waals surface area (Å²) >= 11 is 1.44. The SMILES string of the molecule is O=C1[C@@H](CCO)Sc2nc3ccccc3n21. The number of aromatic nitrogens is 2. The maximum atomic E-state index is 12.1. The van der Waals surface area contributed by atoms with Crippen molar-refractivity contribution in [2.75, 3.05) is 6.61 Å². The number of nitrogens with zero attached hydrogens (tertiary/aromatic N) is 2. The van der Waals surface area contributed by atoms with Crippen LogP contribution in [0, 0.1) is 0 Å². The molecule has 4 nitrogen and oxygen atoms in total. The largest absolute Gasteiger partial charge is 0.396 e. The van der Waals surface area contributed by atoms with Crippen molar-refractivity contribution < 1.29 is 9.90 Å². The average molecular weight is 234 g/mol. The Kier molecular flexibility index (Phi) is 2.22. The summed E-state index contributed by atoms with van der Waals surface area (Å²) < 4.78 is 1.65. The number of hydrogen-bond acceptors (Lipinski definition) is 4. The van der Waals surface area contributed by atoms with Crippen LogP contribution < -0.4 is 0 Å². The predicted octanol–water partition coefficient (Wildman–Crippen LogP) is 1.53. The summed E-state index contributed by atoms with van der Waals surface area (Å²) in [6.45, 7) is 0.0339. The number of benzene rings is 1. The van der Waals surface area contributed by atoms with Crippen LogP contribution in [0.15, 0.2) is 29.4 Å². The molecule has 3 rings (SSSR count). The Hall–Kier alpha value is -1.33. The minimum Gasteiger partial charge on any atom is -0.396 e. The lowest BCUT2D eigenvalue weighted by Crippen LogP contribution is -2.18. The third kappa shape index (κ3) is 1.28. The van der Waals surface area contributed by atoms with E-state index in [0.717, 1.165) is 16.2 Å². The van der Waals surface area contributed by atoms with Crippen molar-refractivity contribution in [3.05, 3.63) is 24.3 Å². The molecule has 1 atom stereocenters. The van der Waals surface area contributed by atoms with Crippen molar-refractivity contribution in [2.45, 2.75) is 16.8 Å². The van der Waals surface area contributed by atoms with Crippen LogP contribution >= 0.6 is 11.8 Å². The van der Waals surface area contributed by atoms with Gasteiger partial charge in [0, 0.05) is 6.61 Å². The van der Waals surface area contributed by atoms with E-state index in [1.165, 1.54) is 11.8 Å². The van der Waals surface area contributed by atoms with Crippen LogP contribution in [0.2, 0.25) is 0 Å². The van der Waals surface area contributed by atoms with Gasteiger partial charge in [0.2, 0.25) is 5.91 Å². The lowest BCUT2D eigenvalue weighted by atomic mass is 10.2. The smallest absolute Gasteiger partial charge is 0.246 e. The molecule has 0 unspecified atom stereocenters. The fraction of sp³-hybridized carbons (Fsp3) is 0.273. The second kappa shape index (κ2) is 3.61. The number of para-hydroxylation sites is 2. The molecule has 0 fully saturated rings. The van der Waals surface area contributed by atoms with Gasteiger partial charge in [-0.15, -0.1) is 0 Å². The average Bonchev–Trinajstić information content (AvgIpc) is 2.78. The molecule has 0 saturated carbocycles. The Morgan fingerprint density at radius 2 is 2.25 bits per heavy atom. The van der Waals surface area contributed by atoms with Gasteiger partial charge < -0.3 is 5.11 Å². The number of aliphatic hydroxyl groups excluding tert-OH is 1. The third-order valence-electron chi connectivity index (χ3n) is 2.66. The quantitative estimate of drug-likeness (QED) is 0.856. The van der Waals surface area contributed by atoms with Gasteiger partial charge in [0.1, 0.15) is 0 Å². The van der Waals surface area contributed by atoms with Gasteiger partial charge in [-0.2, -0.15) is 0 Å². The van der Waals surface area contributed by atoms with Crippen LogP contribution in [-0.4, -0.2) is 32.4 Å². The zero-order valence-corrected chi connectivity index (χ0v) is 9.28. The van der Waals surface area contributed by atoms with E-state index in [4.69, 9.17) is 5.11 Å². The highest BCUT2D eigenvalue weighted by atomic mass is 32.2. The molecule has 16 heavy (non-hydrogen) atoms. The fourth-order valence-electron chi connectivity index (χ4n) is 1.92. The molecule has 0 spiro atoms. The predicted molar refractivity (Wildman–Crippen MR) is 61.7 cm³/mol. The number of thioether (sulfide) groups is 1. The van der Waals surface area contributed by atoms with Crippen LogP contribution in [-0.2, 0) is 0 Å².